The molecule has 0 atom stereocenters. The van der Waals surface area contributed by atoms with Gasteiger partial charge in [-0.25, -0.2) is 9.18 Å². The van der Waals surface area contributed by atoms with Crippen LogP contribution in [0.5, 0.6) is 5.75 Å². The van der Waals surface area contributed by atoms with Crippen LogP contribution in [-0.2, 0) is 13.1 Å². The van der Waals surface area contributed by atoms with E-state index >= 15 is 0 Å². The predicted molar refractivity (Wildman–Crippen MR) is 106 cm³/mol. The SMILES string of the molecule is COc1ccc(CN2CCN(C(=O)NCc3cnc(C)cc3C)CC2)cc1F. The molecule has 1 saturated heterocycles. The number of urea groups is 1. The largest absolute Gasteiger partial charge is 0.494 e. The standard InChI is InChI=1S/C21H27FN4O2/c1-15-10-16(2)23-12-18(15)13-24-21(27)26-8-6-25(7-9-26)14-17-4-5-20(28-3)19(22)11-17/h4-5,10-12H,6-9,13-14H2,1-3H3,(H,24,27). The van der Waals surface area contributed by atoms with E-state index < -0.39 is 0 Å². The van der Waals surface area contributed by atoms with Gasteiger partial charge in [0.05, 0.1) is 7.11 Å². The normalized spacial score (nSPS) is 14.8. The fraction of sp³-hybridized carbons (Fsp3) is 0.429. The number of hydrogen-bond donors (Lipinski definition) is 1. The van der Waals surface area contributed by atoms with Crippen molar-refractivity contribution in [1.82, 2.24) is 20.1 Å². The first-order valence-electron chi connectivity index (χ1n) is 9.46. The monoisotopic (exact) mass is 386 g/mol. The summed E-state index contributed by atoms with van der Waals surface area (Å²) in [6.07, 6.45) is 1.82. The summed E-state index contributed by atoms with van der Waals surface area (Å²) in [6.45, 7) is 7.92. The van der Waals surface area contributed by atoms with Crippen molar-refractivity contribution in [2.45, 2.75) is 26.9 Å². The summed E-state index contributed by atoms with van der Waals surface area (Å²) in [5, 5.41) is 2.98. The second-order valence-corrected chi connectivity index (χ2v) is 7.14. The molecule has 2 aromatic rings. The first-order valence-corrected chi connectivity index (χ1v) is 9.46. The van der Waals surface area contributed by atoms with Crippen LogP contribution < -0.4 is 10.1 Å². The minimum Gasteiger partial charge on any atom is -0.494 e. The quantitative estimate of drug-likeness (QED) is 0.859. The molecule has 150 valence electrons. The fourth-order valence-electron chi connectivity index (χ4n) is 3.37. The van der Waals surface area contributed by atoms with Gasteiger partial charge in [0, 0.05) is 51.2 Å². The molecule has 1 aromatic heterocycles. The van der Waals surface area contributed by atoms with Gasteiger partial charge in [-0.3, -0.25) is 9.88 Å². The zero-order valence-corrected chi connectivity index (χ0v) is 16.7. The summed E-state index contributed by atoms with van der Waals surface area (Å²) in [6, 6.07) is 6.99. The maximum absolute atomic E-state index is 13.8. The number of carbonyl (C=O) groups is 1. The minimum atomic E-state index is -0.348. The van der Waals surface area contributed by atoms with Crippen molar-refractivity contribution in [2.24, 2.45) is 0 Å². The number of amides is 2. The van der Waals surface area contributed by atoms with Crippen LogP contribution in [0.15, 0.2) is 30.5 Å². The van der Waals surface area contributed by atoms with Crippen LogP contribution in [0.4, 0.5) is 9.18 Å². The highest BCUT2D eigenvalue weighted by Crippen LogP contribution is 2.19. The van der Waals surface area contributed by atoms with E-state index in [1.165, 1.54) is 13.2 Å². The molecule has 6 nitrogen and oxygen atoms in total. The lowest BCUT2D eigenvalue weighted by atomic mass is 10.1. The Labute approximate surface area is 165 Å². The Kier molecular flexibility index (Phi) is 6.46. The molecule has 1 aliphatic rings. The van der Waals surface area contributed by atoms with Gasteiger partial charge in [-0.1, -0.05) is 6.07 Å². The van der Waals surface area contributed by atoms with E-state index in [0.29, 0.717) is 26.2 Å². The van der Waals surface area contributed by atoms with E-state index in [0.717, 1.165) is 35.5 Å². The molecule has 2 amide bonds. The Morgan fingerprint density at radius 1 is 1.21 bits per heavy atom. The number of piperazine rings is 1. The van der Waals surface area contributed by atoms with Crippen LogP contribution in [0, 0.1) is 19.7 Å². The Morgan fingerprint density at radius 2 is 1.96 bits per heavy atom. The molecule has 0 aliphatic carbocycles. The Bertz CT molecular complexity index is 835. The number of pyridine rings is 1. The van der Waals surface area contributed by atoms with Crippen LogP contribution in [0.3, 0.4) is 0 Å². The van der Waals surface area contributed by atoms with E-state index in [2.05, 4.69) is 15.2 Å². The maximum atomic E-state index is 13.8. The third-order valence-corrected chi connectivity index (χ3v) is 5.07. The third-order valence-electron chi connectivity index (χ3n) is 5.07. The molecular weight excluding hydrogens is 359 g/mol. The second-order valence-electron chi connectivity index (χ2n) is 7.14. The fourth-order valence-corrected chi connectivity index (χ4v) is 3.37. The number of nitrogens with one attached hydrogen (secondary N) is 1. The zero-order chi connectivity index (χ0) is 20.1. The third kappa shape index (κ3) is 4.98. The summed E-state index contributed by atoms with van der Waals surface area (Å²) < 4.78 is 18.8. The van der Waals surface area contributed by atoms with E-state index in [-0.39, 0.29) is 17.6 Å². The smallest absolute Gasteiger partial charge is 0.317 e. The number of ether oxygens (including phenoxy) is 1. The Morgan fingerprint density at radius 3 is 2.61 bits per heavy atom. The van der Waals surface area contributed by atoms with Crippen LogP contribution in [0.1, 0.15) is 22.4 Å². The van der Waals surface area contributed by atoms with Gasteiger partial charge in [-0.15, -0.1) is 0 Å². The lowest BCUT2D eigenvalue weighted by molar-refractivity contribution is 0.135. The van der Waals surface area contributed by atoms with Gasteiger partial charge >= 0.3 is 6.03 Å². The molecule has 0 radical (unpaired) electrons. The topological polar surface area (TPSA) is 57.7 Å². The van der Waals surface area contributed by atoms with Gasteiger partial charge in [-0.05, 0) is 48.7 Å². The number of aromatic nitrogens is 1. The highest BCUT2D eigenvalue weighted by atomic mass is 19.1. The molecule has 1 aliphatic heterocycles. The minimum absolute atomic E-state index is 0.0601. The number of nitrogens with zero attached hydrogens (tertiary/aromatic N) is 3. The van der Waals surface area contributed by atoms with Crippen molar-refractivity contribution < 1.29 is 13.9 Å². The first-order chi connectivity index (χ1) is 13.5. The van der Waals surface area contributed by atoms with Crippen LogP contribution in [-0.4, -0.2) is 54.1 Å². The number of methoxy groups -OCH3 is 1. The molecular formula is C21H27FN4O2. The van der Waals surface area contributed by atoms with Crippen LogP contribution in [0.25, 0.3) is 0 Å². The molecule has 1 fully saturated rings. The van der Waals surface area contributed by atoms with Crippen molar-refractivity contribution >= 4 is 6.03 Å². The molecule has 1 aromatic carbocycles. The van der Waals surface area contributed by atoms with E-state index in [9.17, 15) is 9.18 Å². The molecule has 1 N–H and O–H groups in total. The molecule has 3 rings (SSSR count). The predicted octanol–water partition coefficient (Wildman–Crippen LogP) is 2.87. The average molecular weight is 386 g/mol. The molecule has 0 unspecified atom stereocenters. The summed E-state index contributed by atoms with van der Waals surface area (Å²) in [7, 11) is 1.46. The van der Waals surface area contributed by atoms with Gasteiger partial charge in [-0.2, -0.15) is 0 Å². The van der Waals surface area contributed by atoms with Gasteiger partial charge in [0.2, 0.25) is 0 Å². The van der Waals surface area contributed by atoms with E-state index in [1.807, 2.05) is 37.1 Å². The number of benzene rings is 1. The summed E-state index contributed by atoms with van der Waals surface area (Å²) >= 11 is 0. The molecule has 0 saturated carbocycles. The number of carbonyl (C=O) groups excluding carboxylic acids is 1. The lowest BCUT2D eigenvalue weighted by Gasteiger charge is -2.34. The number of rotatable bonds is 5. The Hall–Kier alpha value is -2.67. The number of hydrogen-bond acceptors (Lipinski definition) is 4. The van der Waals surface area contributed by atoms with Crippen molar-refractivity contribution in [3.8, 4) is 5.75 Å². The van der Waals surface area contributed by atoms with Gasteiger partial charge in [0.15, 0.2) is 11.6 Å². The highest BCUT2D eigenvalue weighted by molar-refractivity contribution is 5.74. The van der Waals surface area contributed by atoms with Gasteiger partial charge in [0.25, 0.3) is 0 Å². The molecule has 28 heavy (non-hydrogen) atoms. The van der Waals surface area contributed by atoms with Gasteiger partial charge < -0.3 is 15.0 Å². The van der Waals surface area contributed by atoms with E-state index in [4.69, 9.17) is 4.74 Å². The first kappa shape index (κ1) is 20.1. The van der Waals surface area contributed by atoms with Crippen LogP contribution in [0.2, 0.25) is 0 Å². The average Bonchev–Trinajstić information content (AvgIpc) is 2.68. The Balaban J connectivity index is 1.46. The molecule has 0 spiro atoms. The van der Waals surface area contributed by atoms with Crippen molar-refractivity contribution in [1.29, 1.82) is 0 Å². The van der Waals surface area contributed by atoms with Gasteiger partial charge in [0.1, 0.15) is 0 Å². The summed E-state index contributed by atoms with van der Waals surface area (Å²) in [5.74, 6) is -0.0943. The molecule has 0 bridgehead atoms. The molecule has 7 heteroatoms. The number of halogens is 1. The van der Waals surface area contributed by atoms with Crippen LogP contribution >= 0.6 is 0 Å². The van der Waals surface area contributed by atoms with Crippen molar-refractivity contribution in [2.75, 3.05) is 33.3 Å². The molecule has 2 heterocycles. The lowest BCUT2D eigenvalue weighted by Crippen LogP contribution is -2.51. The second kappa shape index (κ2) is 9.01. The van der Waals surface area contributed by atoms with Crippen molar-refractivity contribution in [3.63, 3.8) is 0 Å². The summed E-state index contributed by atoms with van der Waals surface area (Å²) in [4.78, 5) is 20.8. The summed E-state index contributed by atoms with van der Waals surface area (Å²) in [5.41, 5.74) is 4.03. The van der Waals surface area contributed by atoms with Crippen molar-refractivity contribution in [3.05, 3.63) is 58.7 Å². The number of aryl methyl sites for hydroxylation is 2. The van der Waals surface area contributed by atoms with E-state index in [1.54, 1.807) is 6.07 Å². The maximum Gasteiger partial charge on any atom is 0.317 e. The highest BCUT2D eigenvalue weighted by Gasteiger charge is 2.21. The zero-order valence-electron chi connectivity index (χ0n) is 16.7.